The van der Waals surface area contributed by atoms with Crippen LogP contribution in [-0.4, -0.2) is 23.1 Å². The summed E-state index contributed by atoms with van der Waals surface area (Å²) in [4.78, 5) is 22.3. The molecular formula is C28H36N2O2S2. The molecule has 0 atom stereocenters. The van der Waals surface area contributed by atoms with Crippen molar-refractivity contribution in [2.24, 2.45) is 0 Å². The Hall–Kier alpha value is -2.18. The van der Waals surface area contributed by atoms with Gasteiger partial charge in [0.1, 0.15) is 5.60 Å². The maximum Gasteiger partial charge on any atom is 0.308 e. The van der Waals surface area contributed by atoms with Crippen LogP contribution in [0, 0.1) is 6.92 Å². The van der Waals surface area contributed by atoms with E-state index in [2.05, 4.69) is 59.7 Å². The number of benzene rings is 1. The topological polar surface area (TPSA) is 42.4 Å². The van der Waals surface area contributed by atoms with Gasteiger partial charge in [0.2, 0.25) is 0 Å². The quantitative estimate of drug-likeness (QED) is 0.300. The highest BCUT2D eigenvalue weighted by atomic mass is 32.1. The molecule has 0 saturated heterocycles. The van der Waals surface area contributed by atoms with Crippen molar-refractivity contribution in [1.29, 1.82) is 0 Å². The lowest BCUT2D eigenvalue weighted by molar-refractivity contribution is -0.154. The van der Waals surface area contributed by atoms with Gasteiger partial charge < -0.3 is 9.64 Å². The fraction of sp³-hybridized carbons (Fsp3) is 0.500. The molecule has 1 fully saturated rings. The third kappa shape index (κ3) is 6.92. The molecule has 1 aliphatic rings. The summed E-state index contributed by atoms with van der Waals surface area (Å²) in [6.07, 6.45) is 5.17. The van der Waals surface area contributed by atoms with Crippen molar-refractivity contribution in [2.75, 3.05) is 11.4 Å². The van der Waals surface area contributed by atoms with Crippen molar-refractivity contribution in [3.8, 4) is 0 Å². The maximum absolute atomic E-state index is 12.4. The third-order valence-electron chi connectivity index (χ3n) is 6.35. The van der Waals surface area contributed by atoms with Crippen LogP contribution in [0.5, 0.6) is 0 Å². The van der Waals surface area contributed by atoms with Gasteiger partial charge in [0, 0.05) is 27.6 Å². The normalized spacial score (nSPS) is 18.6. The molecule has 3 aromatic rings. The molecule has 182 valence electrons. The van der Waals surface area contributed by atoms with Gasteiger partial charge in [0.05, 0.1) is 18.7 Å². The molecule has 1 aliphatic carbocycles. The Labute approximate surface area is 212 Å². The predicted octanol–water partition coefficient (Wildman–Crippen LogP) is 7.69. The Morgan fingerprint density at radius 3 is 2.41 bits per heavy atom. The number of anilines is 1. The van der Waals surface area contributed by atoms with Gasteiger partial charge in [-0.3, -0.25) is 4.79 Å². The van der Waals surface area contributed by atoms with Gasteiger partial charge in [-0.05, 0) is 77.0 Å². The minimum atomic E-state index is -0.459. The number of rotatable bonds is 8. The van der Waals surface area contributed by atoms with Gasteiger partial charge in [-0.25, -0.2) is 4.98 Å². The van der Waals surface area contributed by atoms with Crippen LogP contribution in [0.2, 0.25) is 0 Å². The molecule has 0 amide bonds. The first-order chi connectivity index (χ1) is 16.3. The Balaban J connectivity index is 1.41. The van der Waals surface area contributed by atoms with E-state index < -0.39 is 5.60 Å². The fourth-order valence-electron chi connectivity index (χ4n) is 4.68. The summed E-state index contributed by atoms with van der Waals surface area (Å²) in [5, 5.41) is 3.25. The van der Waals surface area contributed by atoms with Crippen LogP contribution in [0.1, 0.15) is 85.7 Å². The number of nitrogens with zero attached hydrogens (tertiary/aromatic N) is 2. The van der Waals surface area contributed by atoms with E-state index in [9.17, 15) is 4.79 Å². The molecule has 0 radical (unpaired) electrons. The lowest BCUT2D eigenvalue weighted by Gasteiger charge is -2.28. The second kappa shape index (κ2) is 11.0. The number of hydrogen-bond donors (Lipinski definition) is 0. The zero-order chi connectivity index (χ0) is 24.1. The van der Waals surface area contributed by atoms with E-state index in [1.807, 2.05) is 32.1 Å². The predicted molar refractivity (Wildman–Crippen MR) is 143 cm³/mol. The highest BCUT2D eigenvalue weighted by Gasteiger charge is 2.26. The van der Waals surface area contributed by atoms with E-state index >= 15 is 0 Å². The molecule has 0 unspecified atom stereocenters. The Bertz CT molecular complexity index is 1060. The fourth-order valence-corrected chi connectivity index (χ4v) is 6.52. The van der Waals surface area contributed by atoms with Crippen molar-refractivity contribution in [3.05, 3.63) is 68.9 Å². The number of carbonyl (C=O) groups is 1. The van der Waals surface area contributed by atoms with Gasteiger partial charge in [-0.15, -0.1) is 22.7 Å². The number of ether oxygens (including phenoxy) is 1. The minimum absolute atomic E-state index is 0.157. The number of thiazole rings is 1. The van der Waals surface area contributed by atoms with Crippen molar-refractivity contribution >= 4 is 33.8 Å². The smallest absolute Gasteiger partial charge is 0.308 e. The van der Waals surface area contributed by atoms with E-state index in [0.717, 1.165) is 11.7 Å². The van der Waals surface area contributed by atoms with Crippen molar-refractivity contribution < 1.29 is 9.53 Å². The first-order valence-corrected chi connectivity index (χ1v) is 14.0. The van der Waals surface area contributed by atoms with Crippen LogP contribution < -0.4 is 4.90 Å². The molecule has 34 heavy (non-hydrogen) atoms. The summed E-state index contributed by atoms with van der Waals surface area (Å²) in [6, 6.07) is 15.3. The second-order valence-corrected chi connectivity index (χ2v) is 12.5. The molecule has 2 heterocycles. The highest BCUT2D eigenvalue weighted by molar-refractivity contribution is 7.14. The van der Waals surface area contributed by atoms with Crippen molar-refractivity contribution in [3.63, 3.8) is 0 Å². The summed E-state index contributed by atoms with van der Waals surface area (Å²) < 4.78 is 5.55. The number of thiophene rings is 1. The molecule has 4 rings (SSSR count). The molecule has 2 aromatic heterocycles. The molecule has 6 heteroatoms. The van der Waals surface area contributed by atoms with E-state index in [1.54, 1.807) is 11.3 Å². The van der Waals surface area contributed by atoms with Crippen LogP contribution in [0.3, 0.4) is 0 Å². The van der Waals surface area contributed by atoms with Crippen LogP contribution >= 0.6 is 22.7 Å². The number of esters is 1. The SMILES string of the molecule is Cc1ccc(CN(CCC(=O)OC(C)(C)C)c2nc(C3CCC(c4ccccc4)CC3)cs2)s1. The van der Waals surface area contributed by atoms with Crippen LogP contribution in [0.25, 0.3) is 0 Å². The number of aromatic nitrogens is 1. The monoisotopic (exact) mass is 496 g/mol. The summed E-state index contributed by atoms with van der Waals surface area (Å²) in [5.41, 5.74) is 2.23. The van der Waals surface area contributed by atoms with Gasteiger partial charge in [-0.1, -0.05) is 30.3 Å². The molecule has 4 nitrogen and oxygen atoms in total. The lowest BCUT2D eigenvalue weighted by Crippen LogP contribution is -2.29. The molecule has 0 bridgehead atoms. The number of carbonyl (C=O) groups excluding carboxylic acids is 1. The van der Waals surface area contributed by atoms with Crippen molar-refractivity contribution in [1.82, 2.24) is 4.98 Å². The number of hydrogen-bond acceptors (Lipinski definition) is 6. The zero-order valence-electron chi connectivity index (χ0n) is 20.8. The molecule has 1 aromatic carbocycles. The first kappa shape index (κ1) is 24.9. The largest absolute Gasteiger partial charge is 0.460 e. The maximum atomic E-state index is 12.4. The average Bonchev–Trinajstić information content (AvgIpc) is 3.45. The third-order valence-corrected chi connectivity index (χ3v) is 8.25. The summed E-state index contributed by atoms with van der Waals surface area (Å²) >= 11 is 3.51. The van der Waals surface area contributed by atoms with Crippen molar-refractivity contribution in [2.45, 2.75) is 83.8 Å². The number of aryl methyl sites for hydroxylation is 1. The highest BCUT2D eigenvalue weighted by Crippen LogP contribution is 2.41. The van der Waals surface area contributed by atoms with E-state index in [1.165, 1.54) is 46.7 Å². The minimum Gasteiger partial charge on any atom is -0.460 e. The zero-order valence-corrected chi connectivity index (χ0v) is 22.4. The van der Waals surface area contributed by atoms with E-state index in [-0.39, 0.29) is 5.97 Å². The Morgan fingerprint density at radius 1 is 1.06 bits per heavy atom. The lowest BCUT2D eigenvalue weighted by atomic mass is 9.78. The van der Waals surface area contributed by atoms with Gasteiger partial charge in [0.15, 0.2) is 5.13 Å². The Morgan fingerprint density at radius 2 is 1.76 bits per heavy atom. The van der Waals surface area contributed by atoms with Gasteiger partial charge >= 0.3 is 5.97 Å². The van der Waals surface area contributed by atoms with Gasteiger partial charge in [-0.2, -0.15) is 0 Å². The summed E-state index contributed by atoms with van der Waals surface area (Å²) in [6.45, 7) is 9.26. The van der Waals surface area contributed by atoms with Crippen LogP contribution in [0.15, 0.2) is 47.8 Å². The molecular weight excluding hydrogens is 460 g/mol. The van der Waals surface area contributed by atoms with E-state index in [0.29, 0.717) is 24.8 Å². The van der Waals surface area contributed by atoms with Gasteiger partial charge in [0.25, 0.3) is 0 Å². The van der Waals surface area contributed by atoms with E-state index in [4.69, 9.17) is 9.72 Å². The second-order valence-electron chi connectivity index (χ2n) is 10.3. The summed E-state index contributed by atoms with van der Waals surface area (Å²) in [7, 11) is 0. The van der Waals surface area contributed by atoms with Crippen LogP contribution in [-0.2, 0) is 16.1 Å². The standard InChI is InChI=1S/C28H36N2O2S2/c1-20-10-15-24(34-20)18-30(17-16-26(31)32-28(2,3)4)27-29-25(19-33-27)23-13-11-22(12-14-23)21-8-6-5-7-9-21/h5-10,15,19,22-23H,11-14,16-18H2,1-4H3. The van der Waals surface area contributed by atoms with Crippen LogP contribution in [0.4, 0.5) is 5.13 Å². The average molecular weight is 497 g/mol. The molecule has 0 spiro atoms. The molecule has 0 N–H and O–H groups in total. The molecule has 1 saturated carbocycles. The molecule has 0 aliphatic heterocycles. The Kier molecular flexibility index (Phi) is 8.10. The first-order valence-electron chi connectivity index (χ1n) is 12.3. The summed E-state index contributed by atoms with van der Waals surface area (Å²) in [5.74, 6) is 1.04.